The van der Waals surface area contributed by atoms with Crippen molar-refractivity contribution < 1.29 is 9.18 Å². The summed E-state index contributed by atoms with van der Waals surface area (Å²) in [5.74, 6) is -0.283. The summed E-state index contributed by atoms with van der Waals surface area (Å²) in [6.45, 7) is 3.89. The molecule has 1 unspecified atom stereocenters. The van der Waals surface area contributed by atoms with Crippen molar-refractivity contribution in [2.24, 2.45) is 5.92 Å². The third kappa shape index (κ3) is 3.56. The normalized spacial score (nSPS) is 12.6. The highest BCUT2D eigenvalue weighted by Crippen LogP contribution is 2.21. The van der Waals surface area contributed by atoms with E-state index in [0.717, 1.165) is 0 Å². The molecule has 0 saturated carbocycles. The van der Waals surface area contributed by atoms with E-state index < -0.39 is 0 Å². The Balaban J connectivity index is 2.74. The Labute approximate surface area is 111 Å². The fourth-order valence-electron chi connectivity index (χ4n) is 1.09. The minimum Gasteiger partial charge on any atom is -0.325 e. The molecule has 0 spiro atoms. The lowest BCUT2D eigenvalue weighted by atomic mass is 10.1. The second kappa shape index (κ2) is 5.77. The van der Waals surface area contributed by atoms with E-state index in [-0.39, 0.29) is 22.5 Å². The van der Waals surface area contributed by atoms with Crippen molar-refractivity contribution in [3.05, 3.63) is 28.5 Å². The largest absolute Gasteiger partial charge is 0.325 e. The van der Waals surface area contributed by atoms with Gasteiger partial charge in [0.25, 0.3) is 0 Å². The molecule has 1 atom stereocenters. The molecule has 0 aliphatic rings. The van der Waals surface area contributed by atoms with E-state index in [2.05, 4.69) is 37.2 Å². The smallest absolute Gasteiger partial charge is 0.238 e. The molecule has 1 amide bonds. The minimum atomic E-state index is -0.350. The Morgan fingerprint density at radius 2 is 2.06 bits per heavy atom. The fourth-order valence-corrected chi connectivity index (χ4v) is 1.58. The Morgan fingerprint density at radius 3 is 2.56 bits per heavy atom. The zero-order valence-corrected chi connectivity index (χ0v) is 12.1. The molecule has 1 aromatic rings. The molecular formula is C11H12Br2FNO. The summed E-state index contributed by atoms with van der Waals surface area (Å²) in [5, 5.41) is 2.71. The number of anilines is 1. The van der Waals surface area contributed by atoms with Crippen molar-refractivity contribution in [3.8, 4) is 0 Å². The molecule has 0 radical (unpaired) electrons. The van der Waals surface area contributed by atoms with E-state index in [1.807, 2.05) is 13.8 Å². The summed E-state index contributed by atoms with van der Waals surface area (Å²) in [7, 11) is 0. The molecular weight excluding hydrogens is 341 g/mol. The van der Waals surface area contributed by atoms with Crippen LogP contribution in [0.5, 0.6) is 0 Å². The van der Waals surface area contributed by atoms with E-state index in [0.29, 0.717) is 10.2 Å². The van der Waals surface area contributed by atoms with Gasteiger partial charge < -0.3 is 5.32 Å². The second-order valence-corrected chi connectivity index (χ2v) is 5.60. The highest BCUT2D eigenvalue weighted by Gasteiger charge is 2.18. The maximum absolute atomic E-state index is 13.0. The first-order chi connectivity index (χ1) is 7.41. The zero-order chi connectivity index (χ0) is 12.3. The number of nitrogens with one attached hydrogen (secondary N) is 1. The van der Waals surface area contributed by atoms with Crippen molar-refractivity contribution in [1.29, 1.82) is 0 Å². The van der Waals surface area contributed by atoms with E-state index in [1.54, 1.807) is 0 Å². The lowest BCUT2D eigenvalue weighted by Gasteiger charge is -2.13. The molecule has 1 N–H and O–H groups in total. The molecule has 1 aromatic carbocycles. The van der Waals surface area contributed by atoms with Crippen LogP contribution in [-0.2, 0) is 4.79 Å². The number of hydrogen-bond donors (Lipinski definition) is 1. The molecule has 16 heavy (non-hydrogen) atoms. The van der Waals surface area contributed by atoms with Gasteiger partial charge in [0.15, 0.2) is 0 Å². The predicted molar refractivity (Wildman–Crippen MR) is 70.3 cm³/mol. The molecule has 0 fully saturated rings. The van der Waals surface area contributed by atoms with Gasteiger partial charge in [-0.15, -0.1) is 0 Å². The van der Waals surface area contributed by atoms with Crippen LogP contribution in [0.1, 0.15) is 13.8 Å². The van der Waals surface area contributed by atoms with Crippen molar-refractivity contribution in [2.75, 3.05) is 5.32 Å². The number of hydrogen-bond acceptors (Lipinski definition) is 1. The van der Waals surface area contributed by atoms with Crippen LogP contribution in [0.4, 0.5) is 10.1 Å². The number of carbonyl (C=O) groups is 1. The van der Waals surface area contributed by atoms with Gasteiger partial charge in [-0.25, -0.2) is 4.39 Å². The molecule has 0 heterocycles. The van der Waals surface area contributed by atoms with Gasteiger partial charge in [0.1, 0.15) is 5.82 Å². The molecule has 0 bridgehead atoms. The maximum atomic E-state index is 13.0. The zero-order valence-electron chi connectivity index (χ0n) is 8.93. The molecule has 88 valence electrons. The number of benzene rings is 1. The summed E-state index contributed by atoms with van der Waals surface area (Å²) >= 11 is 6.36. The number of carbonyl (C=O) groups excluding carboxylic acids is 1. The highest BCUT2D eigenvalue weighted by molar-refractivity contribution is 9.10. The van der Waals surface area contributed by atoms with Crippen LogP contribution in [-0.4, -0.2) is 10.7 Å². The standard InChI is InChI=1S/C11H12Br2FNO/c1-6(2)10(13)11(16)15-7-3-4-9(14)8(12)5-7/h3-6,10H,1-2H3,(H,15,16). The van der Waals surface area contributed by atoms with Gasteiger partial charge >= 0.3 is 0 Å². The van der Waals surface area contributed by atoms with Crippen molar-refractivity contribution in [2.45, 2.75) is 18.7 Å². The first-order valence-electron chi connectivity index (χ1n) is 4.82. The third-order valence-corrected chi connectivity index (χ3v) is 4.10. The number of halogens is 3. The number of rotatable bonds is 3. The van der Waals surface area contributed by atoms with Gasteiger partial charge in [-0.3, -0.25) is 4.79 Å². The fraction of sp³-hybridized carbons (Fsp3) is 0.364. The van der Waals surface area contributed by atoms with E-state index in [1.165, 1.54) is 18.2 Å². The third-order valence-electron chi connectivity index (χ3n) is 2.02. The second-order valence-electron chi connectivity index (χ2n) is 3.76. The minimum absolute atomic E-state index is 0.131. The predicted octanol–water partition coefficient (Wildman–Crippen LogP) is 3.95. The molecule has 1 rings (SSSR count). The van der Waals surface area contributed by atoms with E-state index >= 15 is 0 Å². The van der Waals surface area contributed by atoms with E-state index in [4.69, 9.17) is 0 Å². The molecule has 2 nitrogen and oxygen atoms in total. The average Bonchev–Trinajstić information content (AvgIpc) is 2.22. The molecule has 5 heteroatoms. The van der Waals surface area contributed by atoms with Crippen molar-refractivity contribution in [1.82, 2.24) is 0 Å². The number of alkyl halides is 1. The van der Waals surface area contributed by atoms with Crippen molar-refractivity contribution in [3.63, 3.8) is 0 Å². The summed E-state index contributed by atoms with van der Waals surface area (Å²) in [6.07, 6.45) is 0. The summed E-state index contributed by atoms with van der Waals surface area (Å²) in [4.78, 5) is 11.4. The van der Waals surface area contributed by atoms with Gasteiger partial charge in [0.2, 0.25) is 5.91 Å². The van der Waals surface area contributed by atoms with E-state index in [9.17, 15) is 9.18 Å². The molecule has 0 aromatic heterocycles. The van der Waals surface area contributed by atoms with Gasteiger partial charge in [-0.05, 0) is 40.0 Å². The van der Waals surface area contributed by atoms with Crippen LogP contribution in [0.2, 0.25) is 0 Å². The van der Waals surface area contributed by atoms with Gasteiger partial charge in [-0.1, -0.05) is 29.8 Å². The SMILES string of the molecule is CC(C)C(Br)C(=O)Nc1ccc(F)c(Br)c1. The van der Waals surface area contributed by atoms with Crippen LogP contribution in [0.25, 0.3) is 0 Å². The van der Waals surface area contributed by atoms with Crippen LogP contribution < -0.4 is 5.32 Å². The van der Waals surface area contributed by atoms with Gasteiger partial charge in [-0.2, -0.15) is 0 Å². The van der Waals surface area contributed by atoms with Gasteiger partial charge in [0.05, 0.1) is 9.30 Å². The topological polar surface area (TPSA) is 29.1 Å². The monoisotopic (exact) mass is 351 g/mol. The quantitative estimate of drug-likeness (QED) is 0.820. The first kappa shape index (κ1) is 13.6. The first-order valence-corrected chi connectivity index (χ1v) is 6.52. The molecule has 0 aliphatic carbocycles. The van der Waals surface area contributed by atoms with Crippen molar-refractivity contribution >= 4 is 43.5 Å². The Hall–Kier alpha value is -0.420. The Kier molecular flexibility index (Phi) is 4.92. The average molecular weight is 353 g/mol. The summed E-state index contributed by atoms with van der Waals surface area (Å²) < 4.78 is 13.3. The van der Waals surface area contributed by atoms with Crippen LogP contribution in [0, 0.1) is 11.7 Å². The molecule has 0 aliphatic heterocycles. The van der Waals surface area contributed by atoms with Crippen LogP contribution >= 0.6 is 31.9 Å². The summed E-state index contributed by atoms with van der Waals surface area (Å²) in [5.41, 5.74) is 0.573. The summed E-state index contributed by atoms with van der Waals surface area (Å²) in [6, 6.07) is 4.36. The van der Waals surface area contributed by atoms with Gasteiger partial charge in [0, 0.05) is 5.69 Å². The Morgan fingerprint density at radius 1 is 1.44 bits per heavy atom. The van der Waals surface area contributed by atoms with Crippen LogP contribution in [0.15, 0.2) is 22.7 Å². The maximum Gasteiger partial charge on any atom is 0.238 e. The lowest BCUT2D eigenvalue weighted by molar-refractivity contribution is -0.116. The Bertz CT molecular complexity index is 396. The lowest BCUT2D eigenvalue weighted by Crippen LogP contribution is -2.26. The molecule has 0 saturated heterocycles. The number of amides is 1. The van der Waals surface area contributed by atoms with Crippen LogP contribution in [0.3, 0.4) is 0 Å². The highest BCUT2D eigenvalue weighted by atomic mass is 79.9.